The smallest absolute Gasteiger partial charge is 0.342 e. The van der Waals surface area contributed by atoms with E-state index in [1.165, 1.54) is 15.9 Å². The van der Waals surface area contributed by atoms with Crippen LogP contribution in [0.3, 0.4) is 0 Å². The van der Waals surface area contributed by atoms with Crippen molar-refractivity contribution in [3.63, 3.8) is 0 Å². The average molecular weight is 358 g/mol. The topological polar surface area (TPSA) is 88.8 Å². The van der Waals surface area contributed by atoms with E-state index >= 15 is 0 Å². The van der Waals surface area contributed by atoms with Crippen LogP contribution in [0, 0.1) is 5.92 Å². The summed E-state index contributed by atoms with van der Waals surface area (Å²) >= 11 is 0. The van der Waals surface area contributed by atoms with E-state index in [9.17, 15) is 9.59 Å². The standard InChI is InChI=1S/C18H26N6O2/c1-3-12-10-19-20-16(12)13-6-8-23(9-7-13)17(25)14-4-5-15-21-22(2)18(26)24(15)11-14/h10,13-14H,3-9,11H2,1-2H3,(H,19,20). The Kier molecular flexibility index (Phi) is 4.42. The van der Waals surface area contributed by atoms with Crippen molar-refractivity contribution in [1.82, 2.24) is 29.4 Å². The summed E-state index contributed by atoms with van der Waals surface area (Å²) in [4.78, 5) is 27.1. The Morgan fingerprint density at radius 1 is 1.31 bits per heavy atom. The molecule has 1 saturated heterocycles. The molecule has 1 N–H and O–H groups in total. The van der Waals surface area contributed by atoms with E-state index in [-0.39, 0.29) is 17.5 Å². The molecule has 0 bridgehead atoms. The lowest BCUT2D eigenvalue weighted by molar-refractivity contribution is -0.137. The minimum Gasteiger partial charge on any atom is -0.342 e. The first kappa shape index (κ1) is 17.1. The fraction of sp³-hybridized carbons (Fsp3) is 0.667. The monoisotopic (exact) mass is 358 g/mol. The SMILES string of the molecule is CCc1cn[nH]c1C1CCN(C(=O)C2CCc3nn(C)c(=O)n3C2)CC1. The van der Waals surface area contributed by atoms with Crippen LogP contribution in [0.2, 0.25) is 0 Å². The van der Waals surface area contributed by atoms with Crippen LogP contribution in [0.5, 0.6) is 0 Å². The number of nitrogens with one attached hydrogen (secondary N) is 1. The van der Waals surface area contributed by atoms with Gasteiger partial charge in [-0.3, -0.25) is 14.5 Å². The molecule has 8 heteroatoms. The molecule has 0 saturated carbocycles. The van der Waals surface area contributed by atoms with Crippen molar-refractivity contribution in [3.8, 4) is 0 Å². The van der Waals surface area contributed by atoms with E-state index in [0.717, 1.165) is 44.6 Å². The molecule has 1 atom stereocenters. The summed E-state index contributed by atoms with van der Waals surface area (Å²) in [6, 6.07) is 0. The summed E-state index contributed by atoms with van der Waals surface area (Å²) in [5.74, 6) is 1.33. The quantitative estimate of drug-likeness (QED) is 0.880. The summed E-state index contributed by atoms with van der Waals surface area (Å²) in [5, 5.41) is 11.6. The molecule has 26 heavy (non-hydrogen) atoms. The molecule has 2 aliphatic rings. The van der Waals surface area contributed by atoms with Crippen LogP contribution in [0.15, 0.2) is 11.0 Å². The second-order valence-corrected chi connectivity index (χ2v) is 7.43. The Bertz CT molecular complexity index is 855. The second-order valence-electron chi connectivity index (χ2n) is 7.43. The zero-order chi connectivity index (χ0) is 18.3. The molecule has 2 aromatic heterocycles. The van der Waals surface area contributed by atoms with Gasteiger partial charge >= 0.3 is 5.69 Å². The Hall–Kier alpha value is -2.38. The third kappa shape index (κ3) is 2.87. The van der Waals surface area contributed by atoms with Gasteiger partial charge in [-0.1, -0.05) is 6.92 Å². The Morgan fingerprint density at radius 3 is 2.81 bits per heavy atom. The number of nitrogens with zero attached hydrogens (tertiary/aromatic N) is 5. The van der Waals surface area contributed by atoms with Crippen LogP contribution >= 0.6 is 0 Å². The van der Waals surface area contributed by atoms with Gasteiger partial charge in [0.05, 0.1) is 12.1 Å². The van der Waals surface area contributed by atoms with Crippen molar-refractivity contribution >= 4 is 5.91 Å². The zero-order valence-electron chi connectivity index (χ0n) is 15.4. The highest BCUT2D eigenvalue weighted by Crippen LogP contribution is 2.30. The van der Waals surface area contributed by atoms with Crippen LogP contribution in [0.25, 0.3) is 0 Å². The first-order valence-corrected chi connectivity index (χ1v) is 9.52. The van der Waals surface area contributed by atoms with Crippen LogP contribution in [0.4, 0.5) is 0 Å². The Morgan fingerprint density at radius 2 is 2.08 bits per heavy atom. The van der Waals surface area contributed by atoms with Gasteiger partial charge in [-0.25, -0.2) is 9.48 Å². The number of rotatable bonds is 3. The van der Waals surface area contributed by atoms with Crippen molar-refractivity contribution in [2.45, 2.75) is 51.5 Å². The van der Waals surface area contributed by atoms with Gasteiger partial charge in [-0.05, 0) is 31.2 Å². The van der Waals surface area contributed by atoms with Gasteiger partial charge in [0.25, 0.3) is 0 Å². The predicted molar refractivity (Wildman–Crippen MR) is 95.8 cm³/mol. The van der Waals surface area contributed by atoms with Gasteiger partial charge in [-0.2, -0.15) is 10.2 Å². The first-order valence-electron chi connectivity index (χ1n) is 9.52. The number of fused-ring (bicyclic) bond motifs is 1. The summed E-state index contributed by atoms with van der Waals surface area (Å²) in [7, 11) is 1.66. The molecule has 0 aliphatic carbocycles. The van der Waals surface area contributed by atoms with Gasteiger partial charge in [-0.15, -0.1) is 0 Å². The average Bonchev–Trinajstić information content (AvgIpc) is 3.26. The highest BCUT2D eigenvalue weighted by Gasteiger charge is 2.33. The molecule has 8 nitrogen and oxygen atoms in total. The molecule has 2 aromatic rings. The van der Waals surface area contributed by atoms with Crippen molar-refractivity contribution in [3.05, 3.63) is 33.8 Å². The zero-order valence-corrected chi connectivity index (χ0v) is 15.4. The molecule has 1 amide bonds. The molecule has 0 aromatic carbocycles. The number of aromatic amines is 1. The van der Waals surface area contributed by atoms with E-state index < -0.39 is 0 Å². The Labute approximate surface area is 152 Å². The Balaban J connectivity index is 1.40. The highest BCUT2D eigenvalue weighted by atomic mass is 16.2. The van der Waals surface area contributed by atoms with Gasteiger partial charge in [0.2, 0.25) is 5.91 Å². The van der Waals surface area contributed by atoms with E-state index in [1.807, 2.05) is 11.1 Å². The molecule has 0 radical (unpaired) electrons. The van der Waals surface area contributed by atoms with E-state index in [2.05, 4.69) is 22.2 Å². The molecular weight excluding hydrogens is 332 g/mol. The number of carbonyl (C=O) groups is 1. The maximum absolute atomic E-state index is 13.0. The molecule has 1 unspecified atom stereocenters. The van der Waals surface area contributed by atoms with Crippen molar-refractivity contribution < 1.29 is 4.79 Å². The van der Waals surface area contributed by atoms with Crippen molar-refractivity contribution in [2.24, 2.45) is 13.0 Å². The third-order valence-corrected chi connectivity index (χ3v) is 5.90. The minimum absolute atomic E-state index is 0.112. The largest absolute Gasteiger partial charge is 0.345 e. The molecule has 2 aliphatic heterocycles. The molecule has 0 spiro atoms. The van der Waals surface area contributed by atoms with E-state index in [0.29, 0.717) is 18.9 Å². The fourth-order valence-corrected chi connectivity index (χ4v) is 4.34. The first-order chi connectivity index (χ1) is 12.6. The van der Waals surface area contributed by atoms with Gasteiger partial charge in [0, 0.05) is 44.7 Å². The maximum Gasteiger partial charge on any atom is 0.345 e. The van der Waals surface area contributed by atoms with Crippen molar-refractivity contribution in [2.75, 3.05) is 13.1 Å². The number of amides is 1. The fourth-order valence-electron chi connectivity index (χ4n) is 4.34. The lowest BCUT2D eigenvalue weighted by Crippen LogP contribution is -2.44. The molecule has 4 heterocycles. The lowest BCUT2D eigenvalue weighted by atomic mass is 9.89. The molecule has 4 rings (SSSR count). The minimum atomic E-state index is -0.123. The molecule has 1 fully saturated rings. The normalized spacial score (nSPS) is 21.0. The maximum atomic E-state index is 13.0. The summed E-state index contributed by atoms with van der Waals surface area (Å²) in [6.07, 6.45) is 6.29. The summed E-state index contributed by atoms with van der Waals surface area (Å²) in [6.45, 7) is 4.15. The van der Waals surface area contributed by atoms with Crippen molar-refractivity contribution in [1.29, 1.82) is 0 Å². The van der Waals surface area contributed by atoms with Crippen LogP contribution in [-0.2, 0) is 31.2 Å². The number of H-pyrrole nitrogens is 1. The number of carbonyl (C=O) groups excluding carboxylic acids is 1. The predicted octanol–water partition coefficient (Wildman–Crippen LogP) is 0.836. The van der Waals surface area contributed by atoms with Crippen LogP contribution < -0.4 is 5.69 Å². The number of aromatic nitrogens is 5. The highest BCUT2D eigenvalue weighted by molar-refractivity contribution is 5.79. The summed E-state index contributed by atoms with van der Waals surface area (Å²) < 4.78 is 3.03. The lowest BCUT2D eigenvalue weighted by Gasteiger charge is -2.35. The molecule has 140 valence electrons. The molecular formula is C18H26N6O2. The number of aryl methyl sites for hydroxylation is 3. The number of hydrogen-bond acceptors (Lipinski definition) is 4. The van der Waals surface area contributed by atoms with E-state index in [4.69, 9.17) is 0 Å². The van der Waals surface area contributed by atoms with Gasteiger partial charge in [0.1, 0.15) is 5.82 Å². The summed E-state index contributed by atoms with van der Waals surface area (Å²) in [5.41, 5.74) is 2.40. The van der Waals surface area contributed by atoms with Crippen LogP contribution in [0.1, 0.15) is 49.2 Å². The number of hydrogen-bond donors (Lipinski definition) is 1. The third-order valence-electron chi connectivity index (χ3n) is 5.90. The van der Waals surface area contributed by atoms with Gasteiger partial charge in [0.15, 0.2) is 0 Å². The number of likely N-dealkylation sites (tertiary alicyclic amines) is 1. The van der Waals surface area contributed by atoms with E-state index in [1.54, 1.807) is 11.6 Å². The second kappa shape index (κ2) is 6.74. The van der Waals surface area contributed by atoms with Gasteiger partial charge < -0.3 is 4.90 Å². The number of piperidine rings is 1. The van der Waals surface area contributed by atoms with Crippen LogP contribution in [-0.4, -0.2) is 48.4 Å².